The molecule has 0 spiro atoms. The van der Waals surface area contributed by atoms with Crippen LogP contribution in [0.1, 0.15) is 31.2 Å². The van der Waals surface area contributed by atoms with Crippen LogP contribution < -0.4 is 9.04 Å². The molecule has 5 nitrogen and oxygen atoms in total. The van der Waals surface area contributed by atoms with Gasteiger partial charge in [0.1, 0.15) is 5.75 Å². The number of halogens is 2. The number of hydrogen-bond donors (Lipinski definition) is 0. The van der Waals surface area contributed by atoms with Crippen molar-refractivity contribution >= 4 is 38.9 Å². The topological polar surface area (TPSA) is 49.9 Å². The second kappa shape index (κ2) is 12.1. The molecule has 0 bridgehead atoms. The largest absolute Gasteiger partial charge is 0.493 e. The average molecular weight is 534 g/mol. The molecule has 0 amide bonds. The quantitative estimate of drug-likeness (QED) is 0.274. The summed E-state index contributed by atoms with van der Waals surface area (Å²) in [7, 11) is -3.87. The molecule has 35 heavy (non-hydrogen) atoms. The highest BCUT2D eigenvalue weighted by atomic mass is 35.5. The van der Waals surface area contributed by atoms with E-state index in [-0.39, 0.29) is 11.4 Å². The van der Waals surface area contributed by atoms with Gasteiger partial charge >= 0.3 is 0 Å². The summed E-state index contributed by atoms with van der Waals surface area (Å²) in [5, 5.41) is 1.00. The fourth-order valence-corrected chi connectivity index (χ4v) is 6.03. The Morgan fingerprint density at radius 3 is 2.26 bits per heavy atom. The maximum absolute atomic E-state index is 13.7. The van der Waals surface area contributed by atoms with E-state index in [2.05, 4.69) is 4.90 Å². The summed E-state index contributed by atoms with van der Waals surface area (Å²) < 4.78 is 34.9. The van der Waals surface area contributed by atoms with Crippen LogP contribution in [0, 0.1) is 0 Å². The van der Waals surface area contributed by atoms with Crippen LogP contribution in [-0.4, -0.2) is 39.6 Å². The number of nitrogens with zero attached hydrogens (tertiary/aromatic N) is 2. The Bertz CT molecular complexity index is 1200. The number of hydrogen-bond acceptors (Lipinski definition) is 4. The molecule has 0 aromatic heterocycles. The zero-order valence-electron chi connectivity index (χ0n) is 19.6. The monoisotopic (exact) mass is 532 g/mol. The predicted molar refractivity (Wildman–Crippen MR) is 143 cm³/mol. The summed E-state index contributed by atoms with van der Waals surface area (Å²) in [6, 6.07) is 20.6. The predicted octanol–water partition coefficient (Wildman–Crippen LogP) is 6.64. The summed E-state index contributed by atoms with van der Waals surface area (Å²) >= 11 is 12.3. The number of sulfonamides is 1. The van der Waals surface area contributed by atoms with Crippen molar-refractivity contribution in [2.75, 3.05) is 30.5 Å². The minimum Gasteiger partial charge on any atom is -0.493 e. The van der Waals surface area contributed by atoms with E-state index in [0.717, 1.165) is 26.1 Å². The smallest absolute Gasteiger partial charge is 0.264 e. The SMILES string of the molecule is O=S(=O)(c1ccc(Cl)cc1)N(Cc1cc(Cl)ccc1OCCCN1CCCCC1)c1ccccc1. The Morgan fingerprint density at radius 1 is 0.857 bits per heavy atom. The zero-order valence-corrected chi connectivity index (χ0v) is 21.9. The molecule has 1 aliphatic heterocycles. The third-order valence-electron chi connectivity index (χ3n) is 6.11. The molecule has 1 fully saturated rings. The van der Waals surface area contributed by atoms with Crippen LogP contribution in [0.15, 0.2) is 77.7 Å². The van der Waals surface area contributed by atoms with Gasteiger partial charge in [-0.1, -0.05) is 47.8 Å². The van der Waals surface area contributed by atoms with Crippen molar-refractivity contribution in [3.05, 3.63) is 88.4 Å². The van der Waals surface area contributed by atoms with Gasteiger partial charge in [0, 0.05) is 22.2 Å². The number of anilines is 1. The van der Waals surface area contributed by atoms with E-state index in [1.54, 1.807) is 36.4 Å². The van der Waals surface area contributed by atoms with Gasteiger partial charge in [-0.15, -0.1) is 0 Å². The molecule has 1 heterocycles. The van der Waals surface area contributed by atoms with Crippen molar-refractivity contribution in [2.24, 2.45) is 0 Å². The maximum atomic E-state index is 13.7. The van der Waals surface area contributed by atoms with E-state index in [9.17, 15) is 8.42 Å². The Hall–Kier alpha value is -2.25. The van der Waals surface area contributed by atoms with Crippen LogP contribution in [0.3, 0.4) is 0 Å². The second-order valence-corrected chi connectivity index (χ2v) is 11.4. The Balaban J connectivity index is 1.56. The molecular formula is C27H30Cl2N2O3S. The second-order valence-electron chi connectivity index (χ2n) is 8.66. The average Bonchev–Trinajstić information content (AvgIpc) is 2.87. The van der Waals surface area contributed by atoms with Crippen LogP contribution in [-0.2, 0) is 16.6 Å². The fraction of sp³-hybridized carbons (Fsp3) is 0.333. The van der Waals surface area contributed by atoms with Gasteiger partial charge in [0.15, 0.2) is 0 Å². The van der Waals surface area contributed by atoms with Crippen molar-refractivity contribution in [3.8, 4) is 5.75 Å². The van der Waals surface area contributed by atoms with Crippen molar-refractivity contribution in [1.82, 2.24) is 4.90 Å². The minimum atomic E-state index is -3.87. The molecule has 0 atom stereocenters. The van der Waals surface area contributed by atoms with Gasteiger partial charge in [-0.3, -0.25) is 4.31 Å². The number of benzene rings is 3. The molecular weight excluding hydrogens is 503 g/mol. The maximum Gasteiger partial charge on any atom is 0.264 e. The van der Waals surface area contributed by atoms with E-state index in [0.29, 0.717) is 33.7 Å². The number of piperidine rings is 1. The van der Waals surface area contributed by atoms with Crippen molar-refractivity contribution < 1.29 is 13.2 Å². The van der Waals surface area contributed by atoms with Crippen LogP contribution in [0.25, 0.3) is 0 Å². The van der Waals surface area contributed by atoms with Gasteiger partial charge in [0.05, 0.1) is 23.7 Å². The van der Waals surface area contributed by atoms with Crippen LogP contribution in [0.2, 0.25) is 10.0 Å². The van der Waals surface area contributed by atoms with E-state index < -0.39 is 10.0 Å². The molecule has 3 aromatic rings. The van der Waals surface area contributed by atoms with Crippen molar-refractivity contribution in [2.45, 2.75) is 37.1 Å². The highest BCUT2D eigenvalue weighted by Crippen LogP contribution is 2.31. The summed E-state index contributed by atoms with van der Waals surface area (Å²) in [6.07, 6.45) is 4.75. The van der Waals surface area contributed by atoms with E-state index >= 15 is 0 Å². The first kappa shape index (κ1) is 25.8. The van der Waals surface area contributed by atoms with E-state index in [4.69, 9.17) is 27.9 Å². The van der Waals surface area contributed by atoms with Gasteiger partial charge in [0.2, 0.25) is 0 Å². The van der Waals surface area contributed by atoms with Crippen LogP contribution in [0.5, 0.6) is 5.75 Å². The first-order valence-electron chi connectivity index (χ1n) is 11.9. The van der Waals surface area contributed by atoms with Gasteiger partial charge in [0.25, 0.3) is 10.0 Å². The first-order chi connectivity index (χ1) is 16.9. The van der Waals surface area contributed by atoms with Crippen molar-refractivity contribution in [3.63, 3.8) is 0 Å². The third kappa shape index (κ3) is 6.91. The van der Waals surface area contributed by atoms with Gasteiger partial charge in [-0.25, -0.2) is 8.42 Å². The number of para-hydroxylation sites is 1. The van der Waals surface area contributed by atoms with Crippen molar-refractivity contribution in [1.29, 1.82) is 0 Å². The molecule has 0 aliphatic carbocycles. The molecule has 0 unspecified atom stereocenters. The standard InChI is InChI=1S/C27H30Cl2N2O3S/c28-23-10-13-26(14-11-23)35(32,33)31(25-8-3-1-4-9-25)21-22-20-24(29)12-15-27(22)34-19-7-18-30-16-5-2-6-17-30/h1,3-4,8-15,20H,2,5-7,16-19,21H2. The molecule has 1 aliphatic rings. The molecule has 0 radical (unpaired) electrons. The highest BCUT2D eigenvalue weighted by Gasteiger charge is 2.26. The minimum absolute atomic E-state index is 0.0803. The summed E-state index contributed by atoms with van der Waals surface area (Å²) in [4.78, 5) is 2.64. The normalized spacial score (nSPS) is 14.6. The molecule has 1 saturated heterocycles. The van der Waals surface area contributed by atoms with E-state index in [1.165, 1.54) is 35.7 Å². The lowest BCUT2D eigenvalue weighted by Crippen LogP contribution is -2.31. The van der Waals surface area contributed by atoms with Crippen LogP contribution >= 0.6 is 23.2 Å². The van der Waals surface area contributed by atoms with Gasteiger partial charge in [-0.2, -0.15) is 0 Å². The summed E-state index contributed by atoms with van der Waals surface area (Å²) in [5.74, 6) is 0.639. The lowest BCUT2D eigenvalue weighted by molar-refractivity contribution is 0.204. The first-order valence-corrected chi connectivity index (χ1v) is 14.1. The highest BCUT2D eigenvalue weighted by molar-refractivity contribution is 7.92. The fourth-order valence-electron chi connectivity index (χ4n) is 4.26. The molecule has 0 saturated carbocycles. The Kier molecular flexibility index (Phi) is 8.95. The Morgan fingerprint density at radius 2 is 1.54 bits per heavy atom. The molecule has 8 heteroatoms. The molecule has 3 aromatic carbocycles. The lowest BCUT2D eigenvalue weighted by atomic mass is 10.1. The summed E-state index contributed by atoms with van der Waals surface area (Å²) in [5.41, 5.74) is 1.26. The number of rotatable bonds is 10. The molecule has 4 rings (SSSR count). The van der Waals surface area contributed by atoms with Gasteiger partial charge < -0.3 is 9.64 Å². The third-order valence-corrected chi connectivity index (χ3v) is 8.38. The number of ether oxygens (including phenoxy) is 1. The summed E-state index contributed by atoms with van der Waals surface area (Å²) in [6.45, 7) is 3.95. The number of likely N-dealkylation sites (tertiary alicyclic amines) is 1. The van der Waals surface area contributed by atoms with Gasteiger partial charge in [-0.05, 0) is 86.9 Å². The Labute approximate surface area is 218 Å². The molecule has 186 valence electrons. The molecule has 0 N–H and O–H groups in total. The van der Waals surface area contributed by atoms with E-state index in [1.807, 2.05) is 24.3 Å². The van der Waals surface area contributed by atoms with Crippen LogP contribution in [0.4, 0.5) is 5.69 Å². The lowest BCUT2D eigenvalue weighted by Gasteiger charge is -2.27. The zero-order chi connectivity index (χ0) is 24.7.